The number of nitrogens with one attached hydrogen (secondary N) is 1. The fourth-order valence-corrected chi connectivity index (χ4v) is 5.14. The van der Waals surface area contributed by atoms with E-state index in [1.165, 1.54) is 11.3 Å². The van der Waals surface area contributed by atoms with Gasteiger partial charge in [0.25, 0.3) is 0 Å². The summed E-state index contributed by atoms with van der Waals surface area (Å²) in [6.45, 7) is 1.45. The summed E-state index contributed by atoms with van der Waals surface area (Å²) < 4.78 is 0. The average Bonchev–Trinajstić information content (AvgIpc) is 3.41. The van der Waals surface area contributed by atoms with Crippen molar-refractivity contribution in [1.82, 2.24) is 9.88 Å². The smallest absolute Gasteiger partial charge is 0.229 e. The molecule has 1 N–H and O–H groups in total. The highest BCUT2D eigenvalue weighted by molar-refractivity contribution is 7.15. The lowest BCUT2D eigenvalue weighted by Gasteiger charge is -2.28. The lowest BCUT2D eigenvalue weighted by molar-refractivity contribution is -0.136. The number of carbonyl (C=O) groups excluding carboxylic acids is 3. The summed E-state index contributed by atoms with van der Waals surface area (Å²) in [6, 6.07) is 7.09. The minimum atomic E-state index is -0.350. The molecule has 1 saturated heterocycles. The number of anilines is 2. The zero-order valence-electron chi connectivity index (χ0n) is 16.3. The van der Waals surface area contributed by atoms with Crippen LogP contribution in [-0.2, 0) is 27.3 Å². The third-order valence-electron chi connectivity index (χ3n) is 5.83. The zero-order valence-corrected chi connectivity index (χ0v) is 17.8. The lowest BCUT2D eigenvalue weighted by Crippen LogP contribution is -2.40. The number of hydrogen-bond acceptors (Lipinski definition) is 5. The Balaban J connectivity index is 1.24. The van der Waals surface area contributed by atoms with Crippen LogP contribution in [0, 0.1) is 11.8 Å². The van der Waals surface area contributed by atoms with E-state index in [0.29, 0.717) is 36.2 Å². The molecular formula is C21H21ClN4O3S. The molecule has 30 heavy (non-hydrogen) atoms. The second-order valence-corrected chi connectivity index (χ2v) is 9.56. The predicted molar refractivity (Wildman–Crippen MR) is 115 cm³/mol. The van der Waals surface area contributed by atoms with E-state index in [0.717, 1.165) is 29.1 Å². The van der Waals surface area contributed by atoms with E-state index in [4.69, 9.17) is 11.6 Å². The van der Waals surface area contributed by atoms with Crippen molar-refractivity contribution in [2.24, 2.45) is 11.8 Å². The first-order chi connectivity index (χ1) is 14.5. The van der Waals surface area contributed by atoms with Gasteiger partial charge in [-0.05, 0) is 37.1 Å². The van der Waals surface area contributed by atoms with E-state index in [1.807, 2.05) is 4.90 Å². The van der Waals surface area contributed by atoms with E-state index in [1.54, 1.807) is 29.2 Å². The minimum Gasteiger partial charge on any atom is -0.337 e. The number of rotatable bonds is 4. The number of hydrogen-bond donors (Lipinski definition) is 1. The fraction of sp³-hybridized carbons (Fsp3) is 0.429. The normalized spacial score (nSPS) is 21.0. The number of benzene rings is 1. The molecule has 5 rings (SSSR count). The average molecular weight is 445 g/mol. The molecule has 3 amide bonds. The number of amides is 3. The Bertz CT molecular complexity index is 1020. The Labute approximate surface area is 183 Å². The Hall–Kier alpha value is -2.45. The fourth-order valence-electron chi connectivity index (χ4n) is 3.99. The number of halogens is 1. The molecule has 1 aromatic carbocycles. The molecular weight excluding hydrogens is 424 g/mol. The summed E-state index contributed by atoms with van der Waals surface area (Å²) >= 11 is 7.38. The number of fused-ring (bicyclic) bond motifs is 1. The van der Waals surface area contributed by atoms with Crippen LogP contribution in [0.1, 0.15) is 29.8 Å². The first-order valence-electron chi connectivity index (χ1n) is 10.1. The van der Waals surface area contributed by atoms with Gasteiger partial charge in [-0.15, -0.1) is 0 Å². The molecule has 9 heteroatoms. The number of carbonyl (C=O) groups is 3. The van der Waals surface area contributed by atoms with Crippen molar-refractivity contribution < 1.29 is 14.4 Å². The molecule has 1 atom stereocenters. The van der Waals surface area contributed by atoms with Gasteiger partial charge in [0.15, 0.2) is 5.13 Å². The molecule has 2 aromatic rings. The lowest BCUT2D eigenvalue weighted by atomic mass is 10.1. The summed E-state index contributed by atoms with van der Waals surface area (Å²) in [5.41, 5.74) is 1.72. The highest BCUT2D eigenvalue weighted by Gasteiger charge is 2.38. The molecule has 1 aromatic heterocycles. The maximum Gasteiger partial charge on any atom is 0.229 e. The Morgan fingerprint density at radius 1 is 1.17 bits per heavy atom. The zero-order chi connectivity index (χ0) is 20.8. The summed E-state index contributed by atoms with van der Waals surface area (Å²) in [4.78, 5) is 46.6. The van der Waals surface area contributed by atoms with Gasteiger partial charge in [0.2, 0.25) is 17.7 Å². The monoisotopic (exact) mass is 444 g/mol. The van der Waals surface area contributed by atoms with E-state index in [2.05, 4.69) is 10.3 Å². The SMILES string of the molecule is O=C(Nc1nc2c(s1)CN(C(=O)C1CC(=O)N(c3ccc(Cl)cc3)C1)CC2)C1CC1. The van der Waals surface area contributed by atoms with Crippen molar-refractivity contribution in [3.63, 3.8) is 0 Å². The first-order valence-corrected chi connectivity index (χ1v) is 11.3. The van der Waals surface area contributed by atoms with Crippen LogP contribution in [-0.4, -0.2) is 40.7 Å². The van der Waals surface area contributed by atoms with Crippen molar-refractivity contribution >= 4 is 51.5 Å². The van der Waals surface area contributed by atoms with Crippen LogP contribution < -0.4 is 10.2 Å². The quantitative estimate of drug-likeness (QED) is 0.785. The summed E-state index contributed by atoms with van der Waals surface area (Å²) in [6.07, 6.45) is 2.79. The minimum absolute atomic E-state index is 0.00225. The van der Waals surface area contributed by atoms with E-state index < -0.39 is 0 Å². The van der Waals surface area contributed by atoms with Crippen LogP contribution in [0.2, 0.25) is 5.02 Å². The van der Waals surface area contributed by atoms with Gasteiger partial charge in [-0.25, -0.2) is 4.98 Å². The Kier molecular flexibility index (Phi) is 4.99. The van der Waals surface area contributed by atoms with Gasteiger partial charge in [-0.2, -0.15) is 0 Å². The van der Waals surface area contributed by atoms with Gasteiger partial charge in [0, 0.05) is 47.4 Å². The molecule has 2 fully saturated rings. The van der Waals surface area contributed by atoms with E-state index in [9.17, 15) is 14.4 Å². The molecule has 1 aliphatic carbocycles. The van der Waals surface area contributed by atoms with Gasteiger partial charge in [-0.1, -0.05) is 22.9 Å². The van der Waals surface area contributed by atoms with Crippen molar-refractivity contribution in [2.75, 3.05) is 23.3 Å². The topological polar surface area (TPSA) is 82.6 Å². The van der Waals surface area contributed by atoms with Gasteiger partial charge >= 0.3 is 0 Å². The van der Waals surface area contributed by atoms with Crippen molar-refractivity contribution in [3.05, 3.63) is 39.9 Å². The van der Waals surface area contributed by atoms with Crippen LogP contribution >= 0.6 is 22.9 Å². The molecule has 0 bridgehead atoms. The molecule has 2 aliphatic heterocycles. The summed E-state index contributed by atoms with van der Waals surface area (Å²) in [5.74, 6) is -0.219. The molecule has 0 radical (unpaired) electrons. The molecule has 1 saturated carbocycles. The maximum atomic E-state index is 13.1. The standard InChI is InChI=1S/C21H21ClN4O3S/c22-14-3-5-15(6-4-14)26-10-13(9-18(26)27)20(29)25-8-7-16-17(11-25)30-21(23-16)24-19(28)12-1-2-12/h3-6,12-13H,1-2,7-11H2,(H,23,24,28). The summed E-state index contributed by atoms with van der Waals surface area (Å²) in [7, 11) is 0. The van der Waals surface area contributed by atoms with Crippen LogP contribution in [0.4, 0.5) is 10.8 Å². The van der Waals surface area contributed by atoms with Gasteiger partial charge in [0.05, 0.1) is 18.2 Å². The van der Waals surface area contributed by atoms with Crippen molar-refractivity contribution in [1.29, 1.82) is 0 Å². The Morgan fingerprint density at radius 2 is 1.93 bits per heavy atom. The van der Waals surface area contributed by atoms with Crippen molar-refractivity contribution in [2.45, 2.75) is 32.2 Å². The number of aromatic nitrogens is 1. The number of nitrogens with zero attached hydrogens (tertiary/aromatic N) is 3. The van der Waals surface area contributed by atoms with E-state index in [-0.39, 0.29) is 36.0 Å². The number of thiazole rings is 1. The largest absolute Gasteiger partial charge is 0.337 e. The van der Waals surface area contributed by atoms with Crippen molar-refractivity contribution in [3.8, 4) is 0 Å². The van der Waals surface area contributed by atoms with Gasteiger partial charge in [-0.3, -0.25) is 14.4 Å². The van der Waals surface area contributed by atoms with Gasteiger partial charge in [0.1, 0.15) is 0 Å². The third kappa shape index (κ3) is 3.81. The van der Waals surface area contributed by atoms with E-state index >= 15 is 0 Å². The first kappa shape index (κ1) is 19.5. The second-order valence-electron chi connectivity index (χ2n) is 8.04. The summed E-state index contributed by atoms with van der Waals surface area (Å²) in [5, 5.41) is 4.13. The van der Waals surface area contributed by atoms with Crippen LogP contribution in [0.15, 0.2) is 24.3 Å². The second kappa shape index (κ2) is 7.67. The predicted octanol–water partition coefficient (Wildman–Crippen LogP) is 3.08. The molecule has 7 nitrogen and oxygen atoms in total. The third-order valence-corrected chi connectivity index (χ3v) is 7.08. The Morgan fingerprint density at radius 3 is 2.67 bits per heavy atom. The molecule has 3 aliphatic rings. The molecule has 0 spiro atoms. The highest BCUT2D eigenvalue weighted by Crippen LogP contribution is 2.34. The van der Waals surface area contributed by atoms with Crippen LogP contribution in [0.5, 0.6) is 0 Å². The van der Waals surface area contributed by atoms with Crippen LogP contribution in [0.3, 0.4) is 0 Å². The molecule has 3 heterocycles. The van der Waals surface area contributed by atoms with Crippen LogP contribution in [0.25, 0.3) is 0 Å². The maximum absolute atomic E-state index is 13.1. The highest BCUT2D eigenvalue weighted by atomic mass is 35.5. The van der Waals surface area contributed by atoms with Gasteiger partial charge < -0.3 is 15.1 Å². The molecule has 1 unspecified atom stereocenters. The molecule has 156 valence electrons.